The van der Waals surface area contributed by atoms with Gasteiger partial charge in [0.25, 0.3) is 0 Å². The van der Waals surface area contributed by atoms with Crippen LogP contribution in [-0.2, 0) is 16.9 Å². The molecule has 1 aliphatic heterocycles. The van der Waals surface area contributed by atoms with Crippen LogP contribution in [0.4, 0.5) is 28.8 Å². The number of aryl methyl sites for hydroxylation is 1. The predicted octanol–water partition coefficient (Wildman–Crippen LogP) is 4.22. The highest BCUT2D eigenvalue weighted by Crippen LogP contribution is 2.35. The minimum atomic E-state index is -3.45. The number of aromatic nitrogens is 3. The molecule has 0 amide bonds. The molecule has 0 atom stereocenters. The van der Waals surface area contributed by atoms with Crippen molar-refractivity contribution in [2.24, 2.45) is 7.05 Å². The highest BCUT2D eigenvalue weighted by Gasteiger charge is 2.20. The molecule has 0 aliphatic carbocycles. The Hall–Kier alpha value is -3.83. The molecule has 2 aromatic carbocycles. The molecule has 0 unspecified atom stereocenters. The summed E-state index contributed by atoms with van der Waals surface area (Å²) in [7, 11) is -1.57. The molecule has 0 bridgehead atoms. The Bertz CT molecular complexity index is 1560. The van der Waals surface area contributed by atoms with E-state index in [-0.39, 0.29) is 11.0 Å². The van der Waals surface area contributed by atoms with Gasteiger partial charge in [0.05, 0.1) is 34.5 Å². The van der Waals surface area contributed by atoms with Gasteiger partial charge in [-0.3, -0.25) is 0 Å². The number of hydrogen-bond acceptors (Lipinski definition) is 9. The van der Waals surface area contributed by atoms with Crippen LogP contribution in [0, 0.1) is 0 Å². The van der Waals surface area contributed by atoms with E-state index < -0.39 is 9.84 Å². The van der Waals surface area contributed by atoms with Crippen molar-refractivity contribution in [1.29, 1.82) is 0 Å². The molecule has 38 heavy (non-hydrogen) atoms. The molecule has 11 heteroatoms. The van der Waals surface area contributed by atoms with E-state index in [9.17, 15) is 13.5 Å². The maximum atomic E-state index is 12.4. The first-order valence-corrected chi connectivity index (χ1v) is 14.5. The number of rotatable bonds is 8. The number of piperidine rings is 1. The first-order valence-electron chi connectivity index (χ1n) is 12.6. The van der Waals surface area contributed by atoms with Crippen molar-refractivity contribution < 1.29 is 18.3 Å². The zero-order chi connectivity index (χ0) is 26.9. The molecule has 0 saturated carbocycles. The Morgan fingerprint density at radius 2 is 1.82 bits per heavy atom. The molecule has 1 saturated heterocycles. The second kappa shape index (κ2) is 10.5. The predicted molar refractivity (Wildman–Crippen MR) is 150 cm³/mol. The number of ether oxygens (including phenoxy) is 1. The van der Waals surface area contributed by atoms with Gasteiger partial charge in [-0.15, -0.1) is 0 Å². The fourth-order valence-electron chi connectivity index (χ4n) is 4.69. The van der Waals surface area contributed by atoms with Gasteiger partial charge in [0.1, 0.15) is 11.3 Å². The van der Waals surface area contributed by atoms with Gasteiger partial charge in [-0.25, -0.2) is 13.4 Å². The summed E-state index contributed by atoms with van der Waals surface area (Å²) >= 11 is 0. The summed E-state index contributed by atoms with van der Waals surface area (Å²) in [6, 6.07) is 14.6. The number of anilines is 5. The van der Waals surface area contributed by atoms with Crippen LogP contribution in [0.25, 0.3) is 11.0 Å². The van der Waals surface area contributed by atoms with E-state index in [2.05, 4.69) is 15.5 Å². The van der Waals surface area contributed by atoms with Crippen LogP contribution in [0.5, 0.6) is 5.75 Å². The van der Waals surface area contributed by atoms with Crippen LogP contribution in [0.1, 0.15) is 19.8 Å². The SMILES string of the molecule is CCOc1cc(N2CCC(O)CC2)ccc1Nc1nc(Nc2ccccc2S(C)(=O)=O)c2c(ccn2C)n1. The van der Waals surface area contributed by atoms with Crippen molar-refractivity contribution in [2.45, 2.75) is 30.8 Å². The molecule has 4 aromatic rings. The Morgan fingerprint density at radius 3 is 2.55 bits per heavy atom. The second-order valence-corrected chi connectivity index (χ2v) is 11.4. The zero-order valence-electron chi connectivity index (χ0n) is 21.7. The van der Waals surface area contributed by atoms with Gasteiger partial charge in [0.15, 0.2) is 15.7 Å². The van der Waals surface area contributed by atoms with E-state index in [4.69, 9.17) is 14.7 Å². The minimum Gasteiger partial charge on any atom is -0.492 e. The summed E-state index contributed by atoms with van der Waals surface area (Å²) in [5.74, 6) is 1.49. The highest BCUT2D eigenvalue weighted by atomic mass is 32.2. The molecule has 1 aliphatic rings. The number of hydrogen-bond donors (Lipinski definition) is 3. The second-order valence-electron chi connectivity index (χ2n) is 9.41. The molecular weight excluding hydrogens is 504 g/mol. The van der Waals surface area contributed by atoms with Crippen molar-refractivity contribution in [3.63, 3.8) is 0 Å². The normalized spacial score (nSPS) is 14.6. The van der Waals surface area contributed by atoms with E-state index in [1.54, 1.807) is 24.3 Å². The molecule has 1 fully saturated rings. The number of benzene rings is 2. The van der Waals surface area contributed by atoms with Gasteiger partial charge in [0, 0.05) is 44.3 Å². The molecule has 5 rings (SSSR count). The zero-order valence-corrected chi connectivity index (χ0v) is 22.5. The molecule has 2 aromatic heterocycles. The number of nitrogens with zero attached hydrogens (tertiary/aromatic N) is 4. The van der Waals surface area contributed by atoms with Crippen molar-refractivity contribution in [3.8, 4) is 5.75 Å². The van der Waals surface area contributed by atoms with E-state index in [1.807, 2.05) is 49.0 Å². The monoisotopic (exact) mass is 536 g/mol. The van der Waals surface area contributed by atoms with Crippen LogP contribution < -0.4 is 20.3 Å². The lowest BCUT2D eigenvalue weighted by atomic mass is 10.1. The van der Waals surface area contributed by atoms with Gasteiger partial charge in [-0.05, 0) is 50.1 Å². The van der Waals surface area contributed by atoms with E-state index >= 15 is 0 Å². The number of aliphatic hydroxyl groups is 1. The largest absolute Gasteiger partial charge is 0.492 e. The summed E-state index contributed by atoms with van der Waals surface area (Å²) in [5.41, 5.74) is 3.63. The lowest BCUT2D eigenvalue weighted by Crippen LogP contribution is -2.35. The first-order chi connectivity index (χ1) is 18.2. The topological polar surface area (TPSA) is 122 Å². The minimum absolute atomic E-state index is 0.190. The van der Waals surface area contributed by atoms with Crippen LogP contribution in [0.2, 0.25) is 0 Å². The molecule has 3 heterocycles. The van der Waals surface area contributed by atoms with Gasteiger partial charge < -0.3 is 29.9 Å². The third-order valence-electron chi connectivity index (χ3n) is 6.60. The van der Waals surface area contributed by atoms with Gasteiger partial charge in [-0.2, -0.15) is 4.98 Å². The van der Waals surface area contributed by atoms with E-state index in [0.717, 1.165) is 37.1 Å². The molecule has 3 N–H and O–H groups in total. The van der Waals surface area contributed by atoms with Crippen LogP contribution in [-0.4, -0.2) is 60.1 Å². The van der Waals surface area contributed by atoms with Gasteiger partial charge >= 0.3 is 0 Å². The molecule has 0 spiro atoms. The maximum Gasteiger partial charge on any atom is 0.229 e. The van der Waals surface area contributed by atoms with Crippen LogP contribution >= 0.6 is 0 Å². The molecule has 0 radical (unpaired) electrons. The van der Waals surface area contributed by atoms with Crippen molar-refractivity contribution in [1.82, 2.24) is 14.5 Å². The smallest absolute Gasteiger partial charge is 0.229 e. The van der Waals surface area contributed by atoms with E-state index in [0.29, 0.717) is 41.0 Å². The summed E-state index contributed by atoms with van der Waals surface area (Å²) in [4.78, 5) is 11.9. The number of fused-ring (bicyclic) bond motifs is 1. The Morgan fingerprint density at radius 1 is 1.05 bits per heavy atom. The van der Waals surface area contributed by atoms with Crippen molar-refractivity contribution in [3.05, 3.63) is 54.7 Å². The first kappa shape index (κ1) is 25.8. The summed E-state index contributed by atoms with van der Waals surface area (Å²) in [6.45, 7) is 4.00. The number of nitrogens with one attached hydrogen (secondary N) is 2. The average molecular weight is 537 g/mol. The fourth-order valence-corrected chi connectivity index (χ4v) is 5.53. The summed E-state index contributed by atoms with van der Waals surface area (Å²) in [5, 5.41) is 16.4. The average Bonchev–Trinajstić information content (AvgIpc) is 3.26. The fraction of sp³-hybridized carbons (Fsp3) is 0.333. The number of sulfone groups is 1. The quantitative estimate of drug-likeness (QED) is 0.304. The van der Waals surface area contributed by atoms with Crippen molar-refractivity contribution >= 4 is 49.7 Å². The van der Waals surface area contributed by atoms with Gasteiger partial charge in [0.2, 0.25) is 5.95 Å². The standard InChI is InChI=1S/C27H32N6O4S/c1-4-37-23-17-18(33-15-11-19(34)12-16-33)9-10-20(23)29-27-30-22-13-14-32(2)25(22)26(31-27)28-21-7-5-6-8-24(21)38(3,35)36/h5-10,13-14,17,19,34H,4,11-12,15-16H2,1-3H3,(H2,28,29,30,31). The third-order valence-corrected chi connectivity index (χ3v) is 7.76. The maximum absolute atomic E-state index is 12.4. The summed E-state index contributed by atoms with van der Waals surface area (Å²) in [6.07, 6.45) is 4.31. The Kier molecular flexibility index (Phi) is 7.13. The van der Waals surface area contributed by atoms with E-state index in [1.165, 1.54) is 6.26 Å². The highest BCUT2D eigenvalue weighted by molar-refractivity contribution is 7.90. The Balaban J connectivity index is 1.50. The van der Waals surface area contributed by atoms with Gasteiger partial charge in [-0.1, -0.05) is 12.1 Å². The van der Waals surface area contributed by atoms with Crippen LogP contribution in [0.3, 0.4) is 0 Å². The third kappa shape index (κ3) is 5.39. The summed E-state index contributed by atoms with van der Waals surface area (Å²) < 4.78 is 32.6. The Labute approximate surface area is 222 Å². The number of para-hydroxylation sites is 1. The lowest BCUT2D eigenvalue weighted by molar-refractivity contribution is 0.145. The lowest BCUT2D eigenvalue weighted by Gasteiger charge is -2.32. The van der Waals surface area contributed by atoms with Crippen LogP contribution in [0.15, 0.2) is 59.6 Å². The molecule has 10 nitrogen and oxygen atoms in total. The van der Waals surface area contributed by atoms with Crippen molar-refractivity contribution in [2.75, 3.05) is 41.5 Å². The molecular formula is C27H32N6O4S. The number of aliphatic hydroxyl groups excluding tert-OH is 1. The molecule has 200 valence electrons.